The Morgan fingerprint density at radius 3 is 2.55 bits per heavy atom. The molecule has 0 spiro atoms. The van der Waals surface area contributed by atoms with Gasteiger partial charge in [-0.1, -0.05) is 0 Å². The van der Waals surface area contributed by atoms with Crippen molar-refractivity contribution in [2.24, 2.45) is 0 Å². The zero-order chi connectivity index (χ0) is 7.84. The Morgan fingerprint density at radius 1 is 1.36 bits per heavy atom. The van der Waals surface area contributed by atoms with Crippen molar-refractivity contribution in [1.29, 1.82) is 0 Å². The van der Waals surface area contributed by atoms with Gasteiger partial charge in [-0.25, -0.2) is 0 Å². The van der Waals surface area contributed by atoms with Gasteiger partial charge in [-0.2, -0.15) is 0 Å². The van der Waals surface area contributed by atoms with E-state index in [-0.39, 0.29) is 6.10 Å². The fraction of sp³-hybridized carbons (Fsp3) is 1.00. The molecule has 1 unspecified atom stereocenters. The number of rotatable bonds is 1. The molecule has 2 saturated heterocycles. The maximum absolute atomic E-state index is 9.10. The SMILES string of the molecule is CN1CCCC1N1CC(O)C1. The van der Waals surface area contributed by atoms with Crippen molar-refractivity contribution in [2.75, 3.05) is 26.7 Å². The molecule has 0 aromatic carbocycles. The first-order chi connectivity index (χ1) is 5.27. The van der Waals surface area contributed by atoms with E-state index in [0.29, 0.717) is 6.17 Å². The van der Waals surface area contributed by atoms with Crippen LogP contribution in [0.3, 0.4) is 0 Å². The molecule has 0 aromatic rings. The predicted molar refractivity (Wildman–Crippen MR) is 43.2 cm³/mol. The van der Waals surface area contributed by atoms with Crippen molar-refractivity contribution in [2.45, 2.75) is 25.1 Å². The van der Waals surface area contributed by atoms with Gasteiger partial charge >= 0.3 is 0 Å². The molecular formula is C8H16N2O. The van der Waals surface area contributed by atoms with Crippen LogP contribution in [-0.4, -0.2) is 53.9 Å². The number of hydrogen-bond donors (Lipinski definition) is 1. The lowest BCUT2D eigenvalue weighted by atomic mass is 10.1. The van der Waals surface area contributed by atoms with Crippen molar-refractivity contribution < 1.29 is 5.11 Å². The lowest BCUT2D eigenvalue weighted by Gasteiger charge is -2.42. The summed E-state index contributed by atoms with van der Waals surface area (Å²) in [5.41, 5.74) is 0. The summed E-state index contributed by atoms with van der Waals surface area (Å²) in [7, 11) is 2.17. The molecule has 3 nitrogen and oxygen atoms in total. The number of likely N-dealkylation sites (tertiary alicyclic amines) is 2. The molecule has 3 heteroatoms. The van der Waals surface area contributed by atoms with Gasteiger partial charge in [0.05, 0.1) is 12.3 Å². The summed E-state index contributed by atoms with van der Waals surface area (Å²) < 4.78 is 0. The first kappa shape index (κ1) is 7.53. The molecule has 64 valence electrons. The van der Waals surface area contributed by atoms with Crippen LogP contribution in [0.5, 0.6) is 0 Å². The van der Waals surface area contributed by atoms with Gasteiger partial charge in [-0.3, -0.25) is 9.80 Å². The third kappa shape index (κ3) is 1.28. The van der Waals surface area contributed by atoms with E-state index >= 15 is 0 Å². The van der Waals surface area contributed by atoms with E-state index in [1.165, 1.54) is 19.4 Å². The third-order valence-electron chi connectivity index (χ3n) is 2.79. The molecule has 2 fully saturated rings. The largest absolute Gasteiger partial charge is 0.390 e. The summed E-state index contributed by atoms with van der Waals surface area (Å²) in [4.78, 5) is 4.74. The van der Waals surface area contributed by atoms with Crippen LogP contribution in [0.4, 0.5) is 0 Å². The highest BCUT2D eigenvalue weighted by atomic mass is 16.3. The van der Waals surface area contributed by atoms with E-state index in [9.17, 15) is 0 Å². The minimum atomic E-state index is -0.0519. The minimum Gasteiger partial charge on any atom is -0.390 e. The Morgan fingerprint density at radius 2 is 2.09 bits per heavy atom. The van der Waals surface area contributed by atoms with Gasteiger partial charge in [0.15, 0.2) is 0 Å². The topological polar surface area (TPSA) is 26.7 Å². The molecule has 0 amide bonds. The van der Waals surface area contributed by atoms with Crippen LogP contribution in [0, 0.1) is 0 Å². The molecule has 2 aliphatic heterocycles. The summed E-state index contributed by atoms with van der Waals surface area (Å²) >= 11 is 0. The van der Waals surface area contributed by atoms with Crippen LogP contribution < -0.4 is 0 Å². The average molecular weight is 156 g/mol. The highest BCUT2D eigenvalue weighted by molar-refractivity contribution is 4.87. The van der Waals surface area contributed by atoms with Crippen molar-refractivity contribution >= 4 is 0 Å². The van der Waals surface area contributed by atoms with Crippen LogP contribution >= 0.6 is 0 Å². The molecule has 0 radical (unpaired) electrons. The van der Waals surface area contributed by atoms with Gasteiger partial charge in [0.25, 0.3) is 0 Å². The fourth-order valence-electron chi connectivity index (χ4n) is 2.09. The molecule has 2 aliphatic rings. The number of β-amino-alcohol motifs (C(OH)–C–C–N with tert-alkyl or cyclic N) is 1. The van der Waals surface area contributed by atoms with E-state index in [1.807, 2.05) is 0 Å². The second kappa shape index (κ2) is 2.73. The van der Waals surface area contributed by atoms with Crippen LogP contribution in [0.1, 0.15) is 12.8 Å². The molecule has 0 aliphatic carbocycles. The standard InChI is InChI=1S/C8H16N2O/c1-9-4-2-3-8(9)10-5-7(11)6-10/h7-8,11H,2-6H2,1H3. The van der Waals surface area contributed by atoms with Gasteiger partial charge in [0.1, 0.15) is 0 Å². The zero-order valence-corrected chi connectivity index (χ0v) is 7.03. The third-order valence-corrected chi connectivity index (χ3v) is 2.79. The quantitative estimate of drug-likeness (QED) is 0.565. The predicted octanol–water partition coefficient (Wildman–Crippen LogP) is -0.285. The highest BCUT2D eigenvalue weighted by Crippen LogP contribution is 2.23. The summed E-state index contributed by atoms with van der Waals surface area (Å²) in [6.07, 6.45) is 3.17. The Bertz CT molecular complexity index is 145. The molecule has 2 heterocycles. The Kier molecular flexibility index (Phi) is 1.87. The maximum Gasteiger partial charge on any atom is 0.0795 e. The Hall–Kier alpha value is -0.120. The normalized spacial score (nSPS) is 36.0. The smallest absolute Gasteiger partial charge is 0.0795 e. The number of aliphatic hydroxyl groups is 1. The van der Waals surface area contributed by atoms with Crippen molar-refractivity contribution in [3.63, 3.8) is 0 Å². The maximum atomic E-state index is 9.10. The number of hydrogen-bond acceptors (Lipinski definition) is 3. The van der Waals surface area contributed by atoms with E-state index in [4.69, 9.17) is 5.11 Å². The molecule has 0 aromatic heterocycles. The lowest BCUT2D eigenvalue weighted by molar-refractivity contribution is -0.0558. The van der Waals surface area contributed by atoms with E-state index in [1.54, 1.807) is 0 Å². The first-order valence-corrected chi connectivity index (χ1v) is 4.40. The van der Waals surface area contributed by atoms with Crippen molar-refractivity contribution in [3.05, 3.63) is 0 Å². The second-order valence-corrected chi connectivity index (χ2v) is 3.71. The van der Waals surface area contributed by atoms with E-state index < -0.39 is 0 Å². The minimum absolute atomic E-state index is 0.0519. The zero-order valence-electron chi connectivity index (χ0n) is 7.03. The lowest BCUT2D eigenvalue weighted by Crippen LogP contribution is -2.58. The van der Waals surface area contributed by atoms with Gasteiger partial charge < -0.3 is 5.11 Å². The van der Waals surface area contributed by atoms with Gasteiger partial charge in [0.2, 0.25) is 0 Å². The second-order valence-electron chi connectivity index (χ2n) is 3.71. The van der Waals surface area contributed by atoms with Crippen LogP contribution in [0.2, 0.25) is 0 Å². The summed E-state index contributed by atoms with van der Waals surface area (Å²) in [6, 6.07) is 0. The molecule has 0 saturated carbocycles. The average Bonchev–Trinajstić information content (AvgIpc) is 2.29. The van der Waals surface area contributed by atoms with Crippen LogP contribution in [-0.2, 0) is 0 Å². The Balaban J connectivity index is 1.85. The van der Waals surface area contributed by atoms with Crippen molar-refractivity contribution in [1.82, 2.24) is 9.80 Å². The molecule has 11 heavy (non-hydrogen) atoms. The molecule has 2 rings (SSSR count). The summed E-state index contributed by atoms with van der Waals surface area (Å²) in [5.74, 6) is 0. The van der Waals surface area contributed by atoms with Gasteiger partial charge in [-0.05, 0) is 26.4 Å². The monoisotopic (exact) mass is 156 g/mol. The molecule has 0 bridgehead atoms. The van der Waals surface area contributed by atoms with E-state index in [2.05, 4.69) is 16.8 Å². The van der Waals surface area contributed by atoms with Gasteiger partial charge in [-0.15, -0.1) is 0 Å². The fourth-order valence-corrected chi connectivity index (χ4v) is 2.09. The number of nitrogens with zero attached hydrogens (tertiary/aromatic N) is 2. The summed E-state index contributed by atoms with van der Waals surface area (Å²) in [5, 5.41) is 9.10. The molecule has 1 atom stereocenters. The van der Waals surface area contributed by atoms with Gasteiger partial charge in [0, 0.05) is 13.1 Å². The summed E-state index contributed by atoms with van der Waals surface area (Å²) in [6.45, 7) is 2.99. The van der Waals surface area contributed by atoms with Crippen LogP contribution in [0.15, 0.2) is 0 Å². The van der Waals surface area contributed by atoms with Crippen molar-refractivity contribution in [3.8, 4) is 0 Å². The number of aliphatic hydroxyl groups excluding tert-OH is 1. The molecular weight excluding hydrogens is 140 g/mol. The first-order valence-electron chi connectivity index (χ1n) is 4.40. The van der Waals surface area contributed by atoms with Crippen LogP contribution in [0.25, 0.3) is 0 Å². The molecule has 1 N–H and O–H groups in total. The highest BCUT2D eigenvalue weighted by Gasteiger charge is 2.34. The Labute approximate surface area is 67.6 Å². The van der Waals surface area contributed by atoms with E-state index in [0.717, 1.165) is 13.1 Å².